The number of carbonyl (C=O) groups is 7. The predicted molar refractivity (Wildman–Crippen MR) is 434 cm³/mol. The van der Waals surface area contributed by atoms with E-state index in [9.17, 15) is 136 Å². The fourth-order valence-electron chi connectivity index (χ4n) is 16.5. The highest BCUT2D eigenvalue weighted by molar-refractivity contribution is 5.79. The zero-order valence-corrected chi connectivity index (χ0v) is 72.2. The van der Waals surface area contributed by atoms with E-state index in [0.29, 0.717) is 12.8 Å². The normalized spacial score (nSPS) is 32.4. The van der Waals surface area contributed by atoms with Crippen molar-refractivity contribution in [3.05, 3.63) is 12.2 Å². The summed E-state index contributed by atoms with van der Waals surface area (Å²) in [5, 5.41) is 235. The second-order valence-electron chi connectivity index (χ2n) is 33.6. The largest absolute Gasteiger partial charge is 0.477 e. The Balaban J connectivity index is 1.34. The molecule has 41 heteroatoms. The number of aliphatic hydroxyl groups excluding tert-OH is 17. The van der Waals surface area contributed by atoms with Crippen LogP contribution in [0, 0.1) is 0 Å². The molecule has 0 radical (unpaired) electrons. The molecule has 5 fully saturated rings. The summed E-state index contributed by atoms with van der Waals surface area (Å²) in [5.41, 5.74) is 0. The number of carboxylic acids is 3. The molecule has 0 aromatic heterocycles. The third-order valence-electron chi connectivity index (χ3n) is 23.5. The van der Waals surface area contributed by atoms with Crippen molar-refractivity contribution in [2.24, 2.45) is 0 Å². The van der Waals surface area contributed by atoms with Gasteiger partial charge in [0.15, 0.2) is 12.6 Å². The minimum absolute atomic E-state index is 0.123. The van der Waals surface area contributed by atoms with E-state index < -0.39 is 283 Å². The molecule has 0 spiro atoms. The molecule has 5 heterocycles. The van der Waals surface area contributed by atoms with Gasteiger partial charge in [0, 0.05) is 46.5 Å². The lowest BCUT2D eigenvalue weighted by Gasteiger charge is -2.51. The predicted octanol–water partition coefficient (Wildman–Crippen LogP) is -1.71. The third kappa shape index (κ3) is 32.8. The van der Waals surface area contributed by atoms with Gasteiger partial charge in [-0.2, -0.15) is 0 Å². The molecule has 30 atom stereocenters. The van der Waals surface area contributed by atoms with Crippen molar-refractivity contribution in [3.8, 4) is 0 Å². The fourth-order valence-corrected chi connectivity index (χ4v) is 16.5. The van der Waals surface area contributed by atoms with Gasteiger partial charge in [-0.1, -0.05) is 193 Å². The molecule has 5 saturated heterocycles. The molecule has 24 N–H and O–H groups in total. The number of carbonyl (C=O) groups excluding carboxylic acids is 4. The number of unbranched alkanes of at least 4 members (excludes halogenated alkanes) is 27. The lowest BCUT2D eigenvalue weighted by atomic mass is 9.86. The van der Waals surface area contributed by atoms with E-state index in [4.69, 9.17) is 47.4 Å². The summed E-state index contributed by atoms with van der Waals surface area (Å²) >= 11 is 0. The van der Waals surface area contributed by atoms with Crippen LogP contribution < -0.4 is 21.3 Å². The van der Waals surface area contributed by atoms with E-state index in [1.54, 1.807) is 6.08 Å². The Hall–Kier alpha value is -5.05. The van der Waals surface area contributed by atoms with Crippen molar-refractivity contribution >= 4 is 41.5 Å². The smallest absolute Gasteiger partial charge is 0.364 e. The number of amides is 4. The van der Waals surface area contributed by atoms with Crippen LogP contribution in [0.25, 0.3) is 0 Å². The van der Waals surface area contributed by atoms with Crippen molar-refractivity contribution in [2.75, 3.05) is 39.6 Å². The zero-order valence-electron chi connectivity index (χ0n) is 72.2. The van der Waals surface area contributed by atoms with Gasteiger partial charge in [-0.25, -0.2) is 14.4 Å². The fraction of sp³-hybridized carbons (Fsp3) is 0.892. The average molecular weight is 1790 g/mol. The molecule has 0 aromatic rings. The van der Waals surface area contributed by atoms with Gasteiger partial charge in [-0.05, 0) is 19.3 Å². The van der Waals surface area contributed by atoms with E-state index in [1.807, 2.05) is 0 Å². The lowest BCUT2D eigenvalue weighted by molar-refractivity contribution is -0.388. The highest BCUT2D eigenvalue weighted by Crippen LogP contribution is 2.43. The Morgan fingerprint density at radius 1 is 0.435 bits per heavy atom. The van der Waals surface area contributed by atoms with Gasteiger partial charge in [0.2, 0.25) is 23.6 Å². The first kappa shape index (κ1) is 109. The maximum absolute atomic E-state index is 13.8. The number of carboxylic acid groups (broad SMARTS) is 3. The number of allylic oxidation sites excluding steroid dienone is 1. The summed E-state index contributed by atoms with van der Waals surface area (Å²) in [5.74, 6) is -20.6. The van der Waals surface area contributed by atoms with Crippen LogP contribution in [0.3, 0.4) is 0 Å². The molecular formula is C83H146N4O37. The molecule has 0 bridgehead atoms. The summed E-state index contributed by atoms with van der Waals surface area (Å²) < 4.78 is 58.2. The van der Waals surface area contributed by atoms with Crippen LogP contribution in [0.1, 0.15) is 247 Å². The number of rotatable bonds is 61. The Kier molecular flexibility index (Phi) is 49.3. The lowest BCUT2D eigenvalue weighted by Crippen LogP contribution is -2.72. The van der Waals surface area contributed by atoms with Gasteiger partial charge in [-0.15, -0.1) is 0 Å². The molecule has 0 aromatic carbocycles. The zero-order chi connectivity index (χ0) is 92.0. The van der Waals surface area contributed by atoms with Gasteiger partial charge < -0.3 is 171 Å². The summed E-state index contributed by atoms with van der Waals surface area (Å²) in [6.45, 7) is -0.0686. The average Bonchev–Trinajstić information content (AvgIpc) is 0.751. The van der Waals surface area contributed by atoms with Gasteiger partial charge in [0.05, 0.1) is 88.2 Å². The highest BCUT2D eigenvalue weighted by Gasteiger charge is 2.64. The van der Waals surface area contributed by atoms with Crippen molar-refractivity contribution in [3.63, 3.8) is 0 Å². The maximum atomic E-state index is 13.8. The van der Waals surface area contributed by atoms with E-state index in [0.717, 1.165) is 85.0 Å². The number of aliphatic hydroxyl groups is 17. The number of ether oxygens (including phenoxy) is 10. The molecule has 720 valence electrons. The van der Waals surface area contributed by atoms with Crippen LogP contribution in [0.15, 0.2) is 12.2 Å². The van der Waals surface area contributed by atoms with E-state index >= 15 is 0 Å². The Morgan fingerprint density at radius 2 is 0.806 bits per heavy atom. The Morgan fingerprint density at radius 3 is 1.19 bits per heavy atom. The van der Waals surface area contributed by atoms with Gasteiger partial charge in [0.25, 0.3) is 17.4 Å². The molecule has 4 amide bonds. The van der Waals surface area contributed by atoms with Gasteiger partial charge >= 0.3 is 17.9 Å². The van der Waals surface area contributed by atoms with Crippen LogP contribution in [-0.4, -0.2) is 366 Å². The van der Waals surface area contributed by atoms with E-state index in [2.05, 4.69) is 35.1 Å². The van der Waals surface area contributed by atoms with Crippen LogP contribution >= 0.6 is 0 Å². The second-order valence-corrected chi connectivity index (χ2v) is 33.6. The minimum Gasteiger partial charge on any atom is -0.477 e. The summed E-state index contributed by atoms with van der Waals surface area (Å²) in [6.07, 6.45) is -19.8. The molecule has 0 saturated carbocycles. The SMILES string of the molecule is CCCCCCCCCCCCCC=C[C@@H](O)[C@H](CO[C@@H]1O[C@H](CO)[C@@H](O[C@@H]2O[C@H](CO)[C@H](O)[C@H](O[C@]3(C(=O)O)C[C@H](O)[C@@H](NC(C)=O)C([C@H](O)[C@@H](CO)O[C@]4(C(=O)O)C[C@H](O)[C@@H](NC(C)=O)C([C@H](O)[C@@H](CO)O[C@]5(C(=O)O)C[C@H](O)[C@@H](NC(C)=O)C([C@H](O)[C@H](O)CO)O5)O4)O3)[C@H]2O)[C@H](O)[C@H]1O)NC(=O)CCCCCCCCCCCCCCCCCCC. The number of hydrogen-bond donors (Lipinski definition) is 24. The van der Waals surface area contributed by atoms with Crippen molar-refractivity contribution in [1.29, 1.82) is 0 Å². The number of hydrogen-bond acceptors (Lipinski definition) is 34. The monoisotopic (exact) mass is 1790 g/mol. The number of nitrogens with one attached hydrogen (secondary N) is 4. The van der Waals surface area contributed by atoms with Gasteiger partial charge in [-0.3, -0.25) is 19.2 Å². The van der Waals surface area contributed by atoms with Crippen LogP contribution in [0.2, 0.25) is 0 Å². The van der Waals surface area contributed by atoms with Crippen LogP contribution in [0.5, 0.6) is 0 Å². The summed E-state index contributed by atoms with van der Waals surface area (Å²) in [7, 11) is 0. The topological polar surface area (TPSA) is 665 Å². The second kappa shape index (κ2) is 55.9. The van der Waals surface area contributed by atoms with E-state index in [-0.39, 0.29) is 6.42 Å². The Labute approximate surface area is 723 Å². The molecular weight excluding hydrogens is 1640 g/mol. The highest BCUT2D eigenvalue weighted by atomic mass is 16.8. The van der Waals surface area contributed by atoms with E-state index in [1.165, 1.54) is 115 Å². The summed E-state index contributed by atoms with van der Waals surface area (Å²) in [4.78, 5) is 92.2. The summed E-state index contributed by atoms with van der Waals surface area (Å²) in [6, 6.07) is -7.03. The number of aliphatic carboxylic acids is 3. The van der Waals surface area contributed by atoms with Crippen molar-refractivity contribution in [1.82, 2.24) is 21.3 Å². The quantitative estimate of drug-likeness (QED) is 0.0238. The van der Waals surface area contributed by atoms with Crippen molar-refractivity contribution in [2.45, 2.75) is 429 Å². The minimum atomic E-state index is -3.57. The van der Waals surface area contributed by atoms with Gasteiger partial charge in [0.1, 0.15) is 104 Å². The van der Waals surface area contributed by atoms with Crippen molar-refractivity contribution < 1.29 is 183 Å². The molecule has 41 nitrogen and oxygen atoms in total. The molecule has 0 aliphatic carbocycles. The Bertz CT molecular complexity index is 3140. The molecule has 5 aliphatic rings. The molecule has 124 heavy (non-hydrogen) atoms. The van der Waals surface area contributed by atoms with Crippen LogP contribution in [0.4, 0.5) is 0 Å². The first-order valence-electron chi connectivity index (χ1n) is 44.3. The molecule has 5 rings (SSSR count). The maximum Gasteiger partial charge on any atom is 0.364 e. The van der Waals surface area contributed by atoms with Crippen LogP contribution in [-0.2, 0) is 80.9 Å². The first-order chi connectivity index (χ1) is 59.0. The molecule has 5 aliphatic heterocycles. The molecule has 3 unspecified atom stereocenters. The standard InChI is InChI=1S/C83H146N4O37/c1-6-8-10-12-14-16-18-20-21-22-23-25-27-29-31-33-35-37-60(101)87-50(51(96)36-34-32-30-28-26-24-19-17-15-13-11-9-7-2)46-115-76-69(107)68(106)71(59(45-92)117-76)118-77-70(108)75(65(103)56(42-89)116-77)124-83(80(113)114)40-54(99)63(86-49(5)95)74(123-83)67(105)58(44-91)120-82(79(111)112)39-53(98)62(85-48(4)94)73(122-82)66(104)57(43-90)119-81(78(109)110)38-52(97)61(84-47(3)93)72(121-81)64(102)55(100)41-88/h34,36,50-59,61-77,88-92,96-100,102-108H,6-33,35,37-46H2,1-5H3,(H,84,93)(H,85,94)(H,86,95)(H,87,101)(H,109,110)(H,111,112)(H,113,114)/t50-,51+,52-,53-,54-,55+,56+,57+,58+,59+,61+,62+,63+,64+,65-,66+,67+,68+,69+,70+,71+,72?,73?,74?,75-,76+,77-,81+,82+,83-/m0/s1. The first-order valence-corrected chi connectivity index (χ1v) is 44.3. The third-order valence-corrected chi connectivity index (χ3v) is 23.5.